The number of nitrogens with zero attached hydrogens (tertiary/aromatic N) is 1. The van der Waals surface area contributed by atoms with Crippen molar-refractivity contribution in [1.82, 2.24) is 0 Å². The van der Waals surface area contributed by atoms with Gasteiger partial charge in [-0.1, -0.05) is 72.8 Å². The molecule has 1 N–H and O–H groups in total. The van der Waals surface area contributed by atoms with E-state index in [0.29, 0.717) is 11.1 Å². The normalized spacial score (nSPS) is 22.9. The van der Waals surface area contributed by atoms with E-state index in [2.05, 4.69) is 0 Å². The highest BCUT2D eigenvalue weighted by Crippen LogP contribution is 2.47. The van der Waals surface area contributed by atoms with E-state index in [1.807, 2.05) is 12.1 Å². The van der Waals surface area contributed by atoms with Crippen LogP contribution in [-0.4, -0.2) is 33.4 Å². The fraction of sp³-hybridized carbons (Fsp3) is 0.276. The molecule has 3 aromatic rings. The molecule has 0 radical (unpaired) electrons. The maximum absolute atomic E-state index is 13.4. The Morgan fingerprint density at radius 2 is 1.39 bits per heavy atom. The van der Waals surface area contributed by atoms with Crippen molar-refractivity contribution in [3.8, 4) is 0 Å². The monoisotopic (exact) mass is 517 g/mol. The van der Waals surface area contributed by atoms with Crippen LogP contribution in [0.25, 0.3) is 0 Å². The number of benzene rings is 3. The van der Waals surface area contributed by atoms with Crippen LogP contribution in [0.3, 0.4) is 0 Å². The van der Waals surface area contributed by atoms with E-state index < -0.39 is 52.4 Å². The molecule has 4 atom stereocenters. The topological polar surface area (TPSA) is 133 Å². The standard InChI is InChI=1S/C29H27NO8/c1-29(34)16-23(31)25(27(32)37-17-19-8-4-2-5-9-19)24(21-12-14-22(15-13-21)30(35)36)26(29)28(33)38-18-20-10-6-3-7-11-20/h2-15,24-26,34H,16-18H2,1H3/t24-,25+,26+,29+/m1/s1. The first kappa shape index (κ1) is 26.7. The third-order valence-corrected chi connectivity index (χ3v) is 6.71. The van der Waals surface area contributed by atoms with E-state index in [1.165, 1.54) is 31.2 Å². The van der Waals surface area contributed by atoms with Crippen LogP contribution < -0.4 is 0 Å². The molecule has 38 heavy (non-hydrogen) atoms. The average molecular weight is 518 g/mol. The van der Waals surface area contributed by atoms with Gasteiger partial charge in [-0.3, -0.25) is 24.5 Å². The van der Waals surface area contributed by atoms with E-state index in [4.69, 9.17) is 9.47 Å². The van der Waals surface area contributed by atoms with Gasteiger partial charge in [0.25, 0.3) is 5.69 Å². The lowest BCUT2D eigenvalue weighted by Gasteiger charge is -2.43. The zero-order valence-corrected chi connectivity index (χ0v) is 20.7. The number of nitro groups is 1. The van der Waals surface area contributed by atoms with Crippen molar-refractivity contribution in [1.29, 1.82) is 0 Å². The lowest BCUT2D eigenvalue weighted by atomic mass is 9.61. The van der Waals surface area contributed by atoms with Gasteiger partial charge in [-0.05, 0) is 23.6 Å². The second kappa shape index (κ2) is 11.4. The highest BCUT2D eigenvalue weighted by Gasteiger charge is 2.57. The van der Waals surface area contributed by atoms with Gasteiger partial charge >= 0.3 is 11.9 Å². The largest absolute Gasteiger partial charge is 0.461 e. The lowest BCUT2D eigenvalue weighted by Crippen LogP contribution is -2.55. The molecule has 3 aromatic carbocycles. The second-order valence-corrected chi connectivity index (χ2v) is 9.52. The molecule has 1 saturated carbocycles. The van der Waals surface area contributed by atoms with Crippen LogP contribution in [-0.2, 0) is 37.1 Å². The van der Waals surface area contributed by atoms with E-state index in [-0.39, 0.29) is 18.9 Å². The fourth-order valence-electron chi connectivity index (χ4n) is 4.87. The number of Topliss-reactive ketones (excluding diaryl/α,β-unsaturated/α-hetero) is 1. The number of ether oxygens (including phenoxy) is 2. The highest BCUT2D eigenvalue weighted by atomic mass is 16.6. The maximum atomic E-state index is 13.4. The molecule has 0 spiro atoms. The van der Waals surface area contributed by atoms with Crippen LogP contribution in [0.4, 0.5) is 5.69 Å². The van der Waals surface area contributed by atoms with Gasteiger partial charge in [0.05, 0.1) is 16.4 Å². The van der Waals surface area contributed by atoms with Crippen molar-refractivity contribution in [3.63, 3.8) is 0 Å². The quantitative estimate of drug-likeness (QED) is 0.204. The van der Waals surface area contributed by atoms with E-state index in [9.17, 15) is 29.6 Å². The van der Waals surface area contributed by atoms with Crippen LogP contribution in [0.5, 0.6) is 0 Å². The Morgan fingerprint density at radius 3 is 1.89 bits per heavy atom. The molecule has 1 aliphatic rings. The number of nitro benzene ring substituents is 1. The van der Waals surface area contributed by atoms with Crippen LogP contribution in [0.15, 0.2) is 84.9 Å². The SMILES string of the molecule is C[C@]1(O)CC(=O)[C@H](C(=O)OCc2ccccc2)[C@@H](c2ccc([N+](=O)[O-])cc2)[C@H]1C(=O)OCc1ccccc1. The number of ketones is 1. The lowest BCUT2D eigenvalue weighted by molar-refractivity contribution is -0.384. The molecule has 0 bridgehead atoms. The smallest absolute Gasteiger partial charge is 0.317 e. The van der Waals surface area contributed by atoms with Crippen molar-refractivity contribution in [2.24, 2.45) is 11.8 Å². The number of carbonyl (C=O) groups is 3. The van der Waals surface area contributed by atoms with Crippen molar-refractivity contribution in [3.05, 3.63) is 112 Å². The van der Waals surface area contributed by atoms with E-state index in [1.54, 1.807) is 48.5 Å². The van der Waals surface area contributed by atoms with E-state index in [0.717, 1.165) is 5.56 Å². The summed E-state index contributed by atoms with van der Waals surface area (Å²) in [4.78, 5) is 50.6. The van der Waals surface area contributed by atoms with Crippen molar-refractivity contribution < 1.29 is 33.9 Å². The number of hydrogen-bond donors (Lipinski definition) is 1. The molecule has 0 aliphatic heterocycles. The summed E-state index contributed by atoms with van der Waals surface area (Å²) in [7, 11) is 0. The minimum Gasteiger partial charge on any atom is -0.461 e. The first-order chi connectivity index (χ1) is 18.2. The molecular formula is C29H27NO8. The second-order valence-electron chi connectivity index (χ2n) is 9.52. The summed E-state index contributed by atoms with van der Waals surface area (Å²) in [6, 6.07) is 23.1. The van der Waals surface area contributed by atoms with Gasteiger partial charge < -0.3 is 14.6 Å². The Kier molecular flexibility index (Phi) is 7.97. The number of non-ortho nitro benzene ring substituents is 1. The first-order valence-electron chi connectivity index (χ1n) is 12.1. The molecule has 9 heteroatoms. The van der Waals surface area contributed by atoms with Gasteiger partial charge in [-0.2, -0.15) is 0 Å². The zero-order chi connectivity index (χ0) is 27.3. The Morgan fingerprint density at radius 1 is 0.895 bits per heavy atom. The summed E-state index contributed by atoms with van der Waals surface area (Å²) in [5.41, 5.74) is -0.311. The van der Waals surface area contributed by atoms with Gasteiger partial charge in [0, 0.05) is 24.5 Å². The zero-order valence-electron chi connectivity index (χ0n) is 20.7. The number of hydrogen-bond acceptors (Lipinski definition) is 8. The third-order valence-electron chi connectivity index (χ3n) is 6.71. The molecule has 4 rings (SSSR count). The number of carbonyl (C=O) groups excluding carboxylic acids is 3. The molecule has 1 fully saturated rings. The van der Waals surface area contributed by atoms with Crippen LogP contribution >= 0.6 is 0 Å². The van der Waals surface area contributed by atoms with Crippen molar-refractivity contribution in [2.75, 3.05) is 0 Å². The van der Waals surface area contributed by atoms with Crippen molar-refractivity contribution >= 4 is 23.4 Å². The van der Waals surface area contributed by atoms with Crippen LogP contribution in [0.1, 0.15) is 36.0 Å². The molecule has 0 saturated heterocycles. The maximum Gasteiger partial charge on any atom is 0.317 e. The van der Waals surface area contributed by atoms with Gasteiger partial charge in [0.1, 0.15) is 19.1 Å². The van der Waals surface area contributed by atoms with Crippen LogP contribution in [0.2, 0.25) is 0 Å². The number of esters is 2. The Labute approximate surface area is 219 Å². The Balaban J connectivity index is 1.68. The first-order valence-corrected chi connectivity index (χ1v) is 12.1. The average Bonchev–Trinajstić information content (AvgIpc) is 2.90. The summed E-state index contributed by atoms with van der Waals surface area (Å²) >= 11 is 0. The predicted octanol–water partition coefficient (Wildman–Crippen LogP) is 4.12. The molecule has 196 valence electrons. The molecule has 0 aromatic heterocycles. The summed E-state index contributed by atoms with van der Waals surface area (Å²) in [5.74, 6) is -6.15. The third kappa shape index (κ3) is 5.95. The van der Waals surface area contributed by atoms with Crippen molar-refractivity contribution in [2.45, 2.75) is 38.1 Å². The highest BCUT2D eigenvalue weighted by molar-refractivity contribution is 6.02. The van der Waals surface area contributed by atoms with Gasteiger partial charge in [0.2, 0.25) is 0 Å². The van der Waals surface area contributed by atoms with Gasteiger partial charge in [0.15, 0.2) is 5.78 Å². The Bertz CT molecular complexity index is 1310. The summed E-state index contributed by atoms with van der Waals surface area (Å²) in [5, 5.41) is 22.5. The molecule has 9 nitrogen and oxygen atoms in total. The fourth-order valence-corrected chi connectivity index (χ4v) is 4.87. The molecule has 0 amide bonds. The molecule has 0 heterocycles. The summed E-state index contributed by atoms with van der Waals surface area (Å²) < 4.78 is 11.0. The minimum absolute atomic E-state index is 0.0731. The Hall–Kier alpha value is -4.37. The number of aliphatic hydroxyl groups is 1. The molecule has 1 aliphatic carbocycles. The number of rotatable bonds is 8. The molecule has 0 unspecified atom stereocenters. The molecular weight excluding hydrogens is 490 g/mol. The van der Waals surface area contributed by atoms with Crippen LogP contribution in [0, 0.1) is 22.0 Å². The van der Waals surface area contributed by atoms with Gasteiger partial charge in [-0.25, -0.2) is 0 Å². The minimum atomic E-state index is -1.84. The summed E-state index contributed by atoms with van der Waals surface area (Å²) in [6.07, 6.45) is -0.466. The summed E-state index contributed by atoms with van der Waals surface area (Å²) in [6.45, 7) is 1.19. The van der Waals surface area contributed by atoms with Gasteiger partial charge in [-0.15, -0.1) is 0 Å². The van der Waals surface area contributed by atoms with E-state index >= 15 is 0 Å². The predicted molar refractivity (Wildman–Crippen MR) is 136 cm³/mol.